The molecule has 0 heterocycles. The molecule has 2 N–H and O–H groups in total. The van der Waals surface area contributed by atoms with Crippen molar-refractivity contribution in [2.24, 2.45) is 5.41 Å². The van der Waals surface area contributed by atoms with Crippen LogP contribution in [0.4, 0.5) is 0 Å². The maximum Gasteiger partial charge on any atom is 0.310 e. The highest BCUT2D eigenvalue weighted by Crippen LogP contribution is 2.62. The zero-order chi connectivity index (χ0) is 18.6. The molecule has 0 bridgehead atoms. The van der Waals surface area contributed by atoms with Crippen LogP contribution in [-0.2, 0) is 22.4 Å². The first kappa shape index (κ1) is 18.2. The number of rotatable bonds is 8. The van der Waals surface area contributed by atoms with Crippen molar-refractivity contribution in [2.45, 2.75) is 38.0 Å². The van der Waals surface area contributed by atoms with Gasteiger partial charge in [-0.2, -0.15) is 0 Å². The van der Waals surface area contributed by atoms with E-state index in [0.717, 1.165) is 24.0 Å². The van der Waals surface area contributed by atoms with Crippen LogP contribution < -0.4 is 5.32 Å². The monoisotopic (exact) mass is 351 g/mol. The van der Waals surface area contributed by atoms with Crippen LogP contribution in [0.15, 0.2) is 54.6 Å². The molecule has 2 unspecified atom stereocenters. The van der Waals surface area contributed by atoms with Gasteiger partial charge in [0.1, 0.15) is 0 Å². The molecule has 3 rings (SSSR count). The topological polar surface area (TPSA) is 66.4 Å². The third-order valence-corrected chi connectivity index (χ3v) is 5.46. The van der Waals surface area contributed by atoms with Gasteiger partial charge < -0.3 is 10.4 Å². The van der Waals surface area contributed by atoms with Crippen LogP contribution in [0, 0.1) is 5.41 Å². The van der Waals surface area contributed by atoms with Crippen molar-refractivity contribution >= 4 is 11.9 Å². The molecule has 136 valence electrons. The normalized spacial score (nSPS) is 21.2. The van der Waals surface area contributed by atoms with Crippen molar-refractivity contribution in [1.29, 1.82) is 0 Å². The van der Waals surface area contributed by atoms with Gasteiger partial charge in [-0.3, -0.25) is 9.59 Å². The lowest BCUT2D eigenvalue weighted by atomic mass is 9.91. The maximum atomic E-state index is 11.9. The van der Waals surface area contributed by atoms with Gasteiger partial charge in [-0.15, -0.1) is 0 Å². The first-order valence-electron chi connectivity index (χ1n) is 9.12. The number of aryl methyl sites for hydroxylation is 1. The predicted molar refractivity (Wildman–Crippen MR) is 101 cm³/mol. The van der Waals surface area contributed by atoms with Crippen molar-refractivity contribution in [1.82, 2.24) is 5.32 Å². The summed E-state index contributed by atoms with van der Waals surface area (Å²) in [5, 5.41) is 12.4. The lowest BCUT2D eigenvalue weighted by Crippen LogP contribution is -2.20. The number of likely N-dealkylation sites (N-methyl/N-ethyl adjacent to an activating group) is 1. The maximum absolute atomic E-state index is 11.9. The number of benzene rings is 2. The second-order valence-corrected chi connectivity index (χ2v) is 7.15. The standard InChI is InChI=1S/C22H25NO3/c1-23-20(24)14-17-9-11-18(12-10-17)19-15-22(19,21(25)26)13-5-8-16-6-3-2-4-7-16/h2-4,6-7,9-12,19H,5,8,13-15H2,1H3,(H,23,24)(H,25,26). The summed E-state index contributed by atoms with van der Waals surface area (Å²) in [6.07, 6.45) is 3.53. The minimum absolute atomic E-state index is 0.0232. The summed E-state index contributed by atoms with van der Waals surface area (Å²) in [5.41, 5.74) is 2.63. The first-order chi connectivity index (χ1) is 12.5. The van der Waals surface area contributed by atoms with E-state index in [0.29, 0.717) is 19.3 Å². The van der Waals surface area contributed by atoms with Crippen LogP contribution in [0.2, 0.25) is 0 Å². The zero-order valence-electron chi connectivity index (χ0n) is 15.1. The average Bonchev–Trinajstić information content (AvgIpc) is 3.39. The van der Waals surface area contributed by atoms with Gasteiger partial charge in [0.05, 0.1) is 11.8 Å². The lowest BCUT2D eigenvalue weighted by molar-refractivity contribution is -0.143. The Kier molecular flexibility index (Phi) is 5.40. The Morgan fingerprint density at radius 2 is 1.77 bits per heavy atom. The molecule has 0 aliphatic heterocycles. The molecule has 0 radical (unpaired) electrons. The lowest BCUT2D eigenvalue weighted by Gasteiger charge is -2.13. The van der Waals surface area contributed by atoms with Crippen molar-refractivity contribution in [3.05, 3.63) is 71.3 Å². The number of nitrogens with one attached hydrogen (secondary N) is 1. The Morgan fingerprint density at radius 3 is 2.38 bits per heavy atom. The molecule has 2 atom stereocenters. The van der Waals surface area contributed by atoms with E-state index in [9.17, 15) is 14.7 Å². The molecule has 26 heavy (non-hydrogen) atoms. The number of carboxylic acid groups (broad SMARTS) is 1. The second kappa shape index (κ2) is 7.73. The molecule has 0 aromatic heterocycles. The van der Waals surface area contributed by atoms with Crippen molar-refractivity contribution < 1.29 is 14.7 Å². The van der Waals surface area contributed by atoms with E-state index in [2.05, 4.69) is 17.4 Å². The van der Waals surface area contributed by atoms with Gasteiger partial charge in [-0.05, 0) is 42.4 Å². The fourth-order valence-electron chi connectivity index (χ4n) is 3.76. The van der Waals surface area contributed by atoms with Crippen LogP contribution in [0.3, 0.4) is 0 Å². The molecule has 1 saturated carbocycles. The predicted octanol–water partition coefficient (Wildman–Crippen LogP) is 3.56. The van der Waals surface area contributed by atoms with Crippen LogP contribution >= 0.6 is 0 Å². The zero-order valence-corrected chi connectivity index (χ0v) is 15.1. The smallest absolute Gasteiger partial charge is 0.310 e. The quantitative estimate of drug-likeness (QED) is 0.764. The van der Waals surface area contributed by atoms with Crippen LogP contribution in [0.25, 0.3) is 0 Å². The van der Waals surface area contributed by atoms with Gasteiger partial charge in [0.15, 0.2) is 0 Å². The van der Waals surface area contributed by atoms with E-state index in [1.54, 1.807) is 7.05 Å². The number of aliphatic carboxylic acids is 1. The Labute approximate surface area is 154 Å². The molecular formula is C22H25NO3. The third kappa shape index (κ3) is 3.96. The van der Waals surface area contributed by atoms with E-state index < -0.39 is 11.4 Å². The molecule has 1 aliphatic carbocycles. The fourth-order valence-corrected chi connectivity index (χ4v) is 3.76. The van der Waals surface area contributed by atoms with Gasteiger partial charge in [0, 0.05) is 13.0 Å². The Morgan fingerprint density at radius 1 is 1.08 bits per heavy atom. The summed E-state index contributed by atoms with van der Waals surface area (Å²) in [6, 6.07) is 18.0. The molecule has 1 aliphatic rings. The Balaban J connectivity index is 1.61. The third-order valence-electron chi connectivity index (χ3n) is 5.46. The molecule has 4 heteroatoms. The van der Waals surface area contributed by atoms with E-state index in [4.69, 9.17) is 0 Å². The van der Waals surface area contributed by atoms with E-state index in [1.165, 1.54) is 5.56 Å². The summed E-state index contributed by atoms with van der Waals surface area (Å²) < 4.78 is 0. The molecule has 2 aromatic rings. The van der Waals surface area contributed by atoms with Crippen molar-refractivity contribution in [3.63, 3.8) is 0 Å². The number of carbonyl (C=O) groups is 2. The Hall–Kier alpha value is -2.62. The van der Waals surface area contributed by atoms with Crippen LogP contribution in [0.5, 0.6) is 0 Å². The molecule has 4 nitrogen and oxygen atoms in total. The van der Waals surface area contributed by atoms with Crippen molar-refractivity contribution in [2.75, 3.05) is 7.05 Å². The highest BCUT2D eigenvalue weighted by Gasteiger charge is 2.60. The van der Waals surface area contributed by atoms with E-state index in [1.807, 2.05) is 42.5 Å². The SMILES string of the molecule is CNC(=O)Cc1ccc(C2CC2(CCCc2ccccc2)C(=O)O)cc1. The minimum atomic E-state index is -0.690. The number of amides is 1. The van der Waals surface area contributed by atoms with Gasteiger partial charge in [-0.25, -0.2) is 0 Å². The summed E-state index contributed by atoms with van der Waals surface area (Å²) in [5.74, 6) is -0.639. The fraction of sp³-hybridized carbons (Fsp3) is 0.364. The highest BCUT2D eigenvalue weighted by molar-refractivity contribution is 5.81. The largest absolute Gasteiger partial charge is 0.481 e. The summed E-state index contributed by atoms with van der Waals surface area (Å²) in [4.78, 5) is 23.4. The van der Waals surface area contributed by atoms with Gasteiger partial charge in [-0.1, -0.05) is 54.6 Å². The molecule has 1 fully saturated rings. The Bertz CT molecular complexity index is 770. The van der Waals surface area contributed by atoms with E-state index in [-0.39, 0.29) is 11.8 Å². The summed E-state index contributed by atoms with van der Waals surface area (Å²) >= 11 is 0. The van der Waals surface area contributed by atoms with Gasteiger partial charge in [0.2, 0.25) is 5.91 Å². The number of carbonyl (C=O) groups excluding carboxylic acids is 1. The minimum Gasteiger partial charge on any atom is -0.481 e. The highest BCUT2D eigenvalue weighted by atomic mass is 16.4. The molecule has 1 amide bonds. The average molecular weight is 351 g/mol. The molecular weight excluding hydrogens is 326 g/mol. The van der Waals surface area contributed by atoms with Crippen LogP contribution in [-0.4, -0.2) is 24.0 Å². The number of carboxylic acids is 1. The molecule has 0 spiro atoms. The number of hydrogen-bond donors (Lipinski definition) is 2. The second-order valence-electron chi connectivity index (χ2n) is 7.15. The first-order valence-corrected chi connectivity index (χ1v) is 9.12. The number of hydrogen-bond acceptors (Lipinski definition) is 2. The summed E-state index contributed by atoms with van der Waals surface area (Å²) in [6.45, 7) is 0. The summed E-state index contributed by atoms with van der Waals surface area (Å²) in [7, 11) is 1.62. The van der Waals surface area contributed by atoms with E-state index >= 15 is 0 Å². The van der Waals surface area contributed by atoms with Crippen LogP contribution in [0.1, 0.15) is 41.9 Å². The van der Waals surface area contributed by atoms with Gasteiger partial charge in [0.25, 0.3) is 0 Å². The molecule has 2 aromatic carbocycles. The van der Waals surface area contributed by atoms with Crippen molar-refractivity contribution in [3.8, 4) is 0 Å². The molecule has 0 saturated heterocycles. The van der Waals surface area contributed by atoms with Gasteiger partial charge >= 0.3 is 5.97 Å².